The summed E-state index contributed by atoms with van der Waals surface area (Å²) < 4.78 is 6.91. The predicted octanol–water partition coefficient (Wildman–Crippen LogP) is 5.15. The van der Waals surface area contributed by atoms with E-state index in [4.69, 9.17) is 21.8 Å². The van der Waals surface area contributed by atoms with Gasteiger partial charge in [-0.25, -0.2) is 14.3 Å². The van der Waals surface area contributed by atoms with Gasteiger partial charge in [0.1, 0.15) is 5.58 Å². The Labute approximate surface area is 174 Å². The highest BCUT2D eigenvalue weighted by Gasteiger charge is 2.17. The molecule has 0 saturated heterocycles. The summed E-state index contributed by atoms with van der Waals surface area (Å²) in [7, 11) is 0. The fourth-order valence-corrected chi connectivity index (χ4v) is 3.23. The first kappa shape index (κ1) is 18.0. The summed E-state index contributed by atoms with van der Waals surface area (Å²) in [5.74, 6) is 0.137. The SMILES string of the molecule is Nc1nn2c(-c3cc4ccccc4oc3=O)ccnc2c1N=Nc1ccc(Cl)cc1. The van der Waals surface area contributed by atoms with Gasteiger partial charge in [-0.15, -0.1) is 10.2 Å². The van der Waals surface area contributed by atoms with Gasteiger partial charge < -0.3 is 10.2 Å². The smallest absolute Gasteiger partial charge is 0.345 e. The number of hydrogen-bond donors (Lipinski definition) is 1. The first-order valence-corrected chi connectivity index (χ1v) is 9.32. The van der Waals surface area contributed by atoms with Gasteiger partial charge in [-0.1, -0.05) is 29.8 Å². The van der Waals surface area contributed by atoms with Gasteiger partial charge in [0.25, 0.3) is 0 Å². The van der Waals surface area contributed by atoms with E-state index in [0.29, 0.717) is 38.9 Å². The Morgan fingerprint density at radius 3 is 2.67 bits per heavy atom. The summed E-state index contributed by atoms with van der Waals surface area (Å²) in [5, 5.41) is 14.1. The van der Waals surface area contributed by atoms with Gasteiger partial charge >= 0.3 is 5.63 Å². The zero-order valence-electron chi connectivity index (χ0n) is 15.4. The second kappa shape index (κ2) is 7.09. The van der Waals surface area contributed by atoms with Crippen molar-refractivity contribution in [2.45, 2.75) is 0 Å². The van der Waals surface area contributed by atoms with E-state index >= 15 is 0 Å². The minimum absolute atomic E-state index is 0.137. The van der Waals surface area contributed by atoms with E-state index in [2.05, 4.69) is 20.3 Å². The maximum Gasteiger partial charge on any atom is 0.345 e. The van der Waals surface area contributed by atoms with Crippen LogP contribution in [0.4, 0.5) is 17.2 Å². The summed E-state index contributed by atoms with van der Waals surface area (Å²) in [6.45, 7) is 0. The lowest BCUT2D eigenvalue weighted by molar-refractivity contribution is 0.563. The maximum atomic E-state index is 12.6. The molecule has 0 aliphatic carbocycles. The summed E-state index contributed by atoms with van der Waals surface area (Å²) in [4.78, 5) is 16.9. The number of hydrogen-bond acceptors (Lipinski definition) is 7. The molecule has 9 heteroatoms. The van der Waals surface area contributed by atoms with Crippen molar-refractivity contribution in [3.05, 3.63) is 82.3 Å². The third-order valence-corrected chi connectivity index (χ3v) is 4.78. The second-order valence-corrected chi connectivity index (χ2v) is 6.90. The van der Waals surface area contributed by atoms with Crippen LogP contribution in [0.2, 0.25) is 5.02 Å². The third kappa shape index (κ3) is 3.09. The molecule has 0 fully saturated rings. The number of nitrogens with two attached hydrogens (primary N) is 1. The minimum atomic E-state index is -0.486. The quantitative estimate of drug-likeness (QED) is 0.322. The monoisotopic (exact) mass is 416 g/mol. The molecular formula is C21H13ClN6O2. The molecular weight excluding hydrogens is 404 g/mol. The molecule has 0 unspecified atom stereocenters. The number of azo groups is 1. The maximum absolute atomic E-state index is 12.6. The number of anilines is 1. The molecule has 0 aliphatic heterocycles. The van der Waals surface area contributed by atoms with Crippen LogP contribution < -0.4 is 11.4 Å². The second-order valence-electron chi connectivity index (χ2n) is 6.46. The van der Waals surface area contributed by atoms with E-state index in [0.717, 1.165) is 5.39 Å². The molecule has 0 spiro atoms. The van der Waals surface area contributed by atoms with Crippen LogP contribution in [0.15, 0.2) is 86.3 Å². The summed E-state index contributed by atoms with van der Waals surface area (Å²) >= 11 is 5.89. The Bertz CT molecular complexity index is 1490. The lowest BCUT2D eigenvalue weighted by Crippen LogP contribution is -2.07. The number of aromatic nitrogens is 3. The normalized spacial score (nSPS) is 11.6. The van der Waals surface area contributed by atoms with Crippen LogP contribution in [0.5, 0.6) is 0 Å². The highest BCUT2D eigenvalue weighted by Crippen LogP contribution is 2.31. The van der Waals surface area contributed by atoms with Gasteiger partial charge in [0, 0.05) is 16.6 Å². The van der Waals surface area contributed by atoms with E-state index < -0.39 is 5.63 Å². The number of para-hydroxylation sites is 1. The average molecular weight is 417 g/mol. The van der Waals surface area contributed by atoms with E-state index in [1.165, 1.54) is 4.52 Å². The molecule has 5 rings (SSSR count). The largest absolute Gasteiger partial charge is 0.422 e. The number of rotatable bonds is 3. The highest BCUT2D eigenvalue weighted by molar-refractivity contribution is 6.30. The van der Waals surface area contributed by atoms with Crippen molar-refractivity contribution in [2.75, 3.05) is 5.73 Å². The molecule has 8 nitrogen and oxygen atoms in total. The van der Waals surface area contributed by atoms with Gasteiger partial charge in [-0.2, -0.15) is 5.11 Å². The molecule has 0 bridgehead atoms. The van der Waals surface area contributed by atoms with E-state index in [1.807, 2.05) is 18.2 Å². The van der Waals surface area contributed by atoms with Gasteiger partial charge in [0.15, 0.2) is 17.2 Å². The molecule has 2 aromatic carbocycles. The van der Waals surface area contributed by atoms with Gasteiger partial charge in [-0.05, 0) is 42.5 Å². The number of nitrogens with zero attached hydrogens (tertiary/aromatic N) is 5. The fraction of sp³-hybridized carbons (Fsp3) is 0. The first-order valence-electron chi connectivity index (χ1n) is 8.94. The van der Waals surface area contributed by atoms with Crippen LogP contribution in [0.25, 0.3) is 27.9 Å². The minimum Gasteiger partial charge on any atom is -0.422 e. The molecule has 2 N–H and O–H groups in total. The van der Waals surface area contributed by atoms with Crippen LogP contribution in [0.3, 0.4) is 0 Å². The molecule has 30 heavy (non-hydrogen) atoms. The van der Waals surface area contributed by atoms with Crippen LogP contribution in [0, 0.1) is 0 Å². The van der Waals surface area contributed by atoms with Crippen LogP contribution in [-0.4, -0.2) is 14.6 Å². The zero-order valence-corrected chi connectivity index (χ0v) is 16.1. The van der Waals surface area contributed by atoms with Crippen LogP contribution in [-0.2, 0) is 0 Å². The molecule has 0 radical (unpaired) electrons. The Hall–Kier alpha value is -4.04. The first-order chi connectivity index (χ1) is 14.6. The average Bonchev–Trinajstić information content (AvgIpc) is 3.08. The van der Waals surface area contributed by atoms with E-state index in [1.54, 1.807) is 48.7 Å². The molecule has 3 aromatic heterocycles. The number of nitrogen functional groups attached to an aromatic ring is 1. The lowest BCUT2D eigenvalue weighted by Gasteiger charge is -2.04. The Balaban J connectivity index is 1.66. The number of halogens is 1. The topological polar surface area (TPSA) is 111 Å². The van der Waals surface area contributed by atoms with E-state index in [-0.39, 0.29) is 5.82 Å². The fourth-order valence-electron chi connectivity index (χ4n) is 3.11. The van der Waals surface area contributed by atoms with Crippen molar-refractivity contribution < 1.29 is 4.42 Å². The lowest BCUT2D eigenvalue weighted by atomic mass is 10.1. The zero-order chi connectivity index (χ0) is 20.7. The molecule has 0 aliphatic rings. The molecule has 0 saturated carbocycles. The van der Waals surface area contributed by atoms with Crippen molar-refractivity contribution in [3.63, 3.8) is 0 Å². The number of benzene rings is 2. The summed E-state index contributed by atoms with van der Waals surface area (Å²) in [5.41, 5.74) is 8.19. The predicted molar refractivity (Wildman–Crippen MR) is 115 cm³/mol. The van der Waals surface area contributed by atoms with Crippen molar-refractivity contribution >= 4 is 45.4 Å². The van der Waals surface area contributed by atoms with Crippen molar-refractivity contribution in [2.24, 2.45) is 10.2 Å². The van der Waals surface area contributed by atoms with Crippen molar-refractivity contribution in [1.82, 2.24) is 14.6 Å². The van der Waals surface area contributed by atoms with Crippen molar-refractivity contribution in [1.29, 1.82) is 0 Å². The Morgan fingerprint density at radius 2 is 1.83 bits per heavy atom. The van der Waals surface area contributed by atoms with E-state index in [9.17, 15) is 4.79 Å². The molecule has 3 heterocycles. The number of fused-ring (bicyclic) bond motifs is 2. The molecule has 146 valence electrons. The highest BCUT2D eigenvalue weighted by atomic mass is 35.5. The molecule has 0 amide bonds. The molecule has 5 aromatic rings. The Kier molecular flexibility index (Phi) is 4.26. The standard InChI is InChI=1S/C21H13ClN6O2/c22-13-5-7-14(8-6-13)25-26-18-19(23)27-28-16(9-10-24-20(18)28)15-11-12-3-1-2-4-17(12)30-21(15)29/h1-11H,(H2,23,27). The third-order valence-electron chi connectivity index (χ3n) is 4.53. The van der Waals surface area contributed by atoms with Crippen LogP contribution >= 0.6 is 11.6 Å². The summed E-state index contributed by atoms with van der Waals surface area (Å²) in [6.07, 6.45) is 1.56. The van der Waals surface area contributed by atoms with Crippen molar-refractivity contribution in [3.8, 4) is 11.3 Å². The van der Waals surface area contributed by atoms with Gasteiger partial charge in [0.2, 0.25) is 0 Å². The van der Waals surface area contributed by atoms with Gasteiger partial charge in [-0.3, -0.25) is 0 Å². The summed E-state index contributed by atoms with van der Waals surface area (Å²) in [6, 6.07) is 17.6. The van der Waals surface area contributed by atoms with Gasteiger partial charge in [0.05, 0.1) is 16.9 Å². The Morgan fingerprint density at radius 1 is 1.03 bits per heavy atom. The van der Waals surface area contributed by atoms with Crippen LogP contribution in [0.1, 0.15) is 0 Å². The molecule has 0 atom stereocenters.